The van der Waals surface area contributed by atoms with Crippen LogP contribution in [0.1, 0.15) is 25.1 Å². The van der Waals surface area contributed by atoms with Gasteiger partial charge in [-0.2, -0.15) is 4.31 Å². The highest BCUT2D eigenvalue weighted by Crippen LogP contribution is 2.36. The van der Waals surface area contributed by atoms with E-state index in [1.165, 1.54) is 11.3 Å². The first-order chi connectivity index (χ1) is 9.36. The minimum atomic E-state index is -3.36. The first kappa shape index (κ1) is 16.4. The fourth-order valence-corrected chi connectivity index (χ4v) is 6.65. The second kappa shape index (κ2) is 6.44. The average molecular weight is 381 g/mol. The third-order valence-electron chi connectivity index (χ3n) is 3.81. The first-order valence-corrected chi connectivity index (χ1v) is 9.84. The van der Waals surface area contributed by atoms with Crippen LogP contribution in [-0.4, -0.2) is 32.9 Å². The maximum absolute atomic E-state index is 12.7. The van der Waals surface area contributed by atoms with Crippen molar-refractivity contribution in [2.24, 2.45) is 11.8 Å². The maximum atomic E-state index is 12.7. The lowest BCUT2D eigenvalue weighted by atomic mass is 9.96. The van der Waals surface area contributed by atoms with Gasteiger partial charge in [-0.1, -0.05) is 13.8 Å². The molecule has 1 saturated heterocycles. The lowest BCUT2D eigenvalue weighted by Crippen LogP contribution is -2.29. The number of nitrogens with zero attached hydrogens (tertiary/aromatic N) is 1. The number of rotatable bonds is 5. The summed E-state index contributed by atoms with van der Waals surface area (Å²) in [5.41, 5.74) is 0. The van der Waals surface area contributed by atoms with E-state index in [0.717, 1.165) is 11.3 Å². The molecule has 4 nitrogen and oxygen atoms in total. The number of nitrogens with one attached hydrogen (secondary N) is 1. The van der Waals surface area contributed by atoms with Gasteiger partial charge in [0.15, 0.2) is 0 Å². The standard InChI is InChI=1S/C13H21BrN2O2S2/c1-9(2)10-4-5-16(8-10)20(17,18)12-6-11(7-15-3)19-13(12)14/h6,9-10,15H,4-5,7-8H2,1-3H3. The highest BCUT2D eigenvalue weighted by molar-refractivity contribution is 9.11. The molecule has 0 radical (unpaired) electrons. The molecule has 1 unspecified atom stereocenters. The Kier molecular flexibility index (Phi) is 5.29. The highest BCUT2D eigenvalue weighted by atomic mass is 79.9. The monoisotopic (exact) mass is 380 g/mol. The molecule has 0 aromatic carbocycles. The van der Waals surface area contributed by atoms with E-state index in [4.69, 9.17) is 0 Å². The first-order valence-electron chi connectivity index (χ1n) is 6.79. The summed E-state index contributed by atoms with van der Waals surface area (Å²) in [5, 5.41) is 3.05. The Morgan fingerprint density at radius 3 is 2.80 bits per heavy atom. The minimum Gasteiger partial charge on any atom is -0.315 e. The summed E-state index contributed by atoms with van der Waals surface area (Å²) in [5.74, 6) is 1.000. The zero-order valence-corrected chi connectivity index (χ0v) is 15.2. The predicted molar refractivity (Wildman–Crippen MR) is 86.5 cm³/mol. The molecule has 2 rings (SSSR count). The third-order valence-corrected chi connectivity index (χ3v) is 7.92. The van der Waals surface area contributed by atoms with E-state index in [1.54, 1.807) is 10.4 Å². The summed E-state index contributed by atoms with van der Waals surface area (Å²) in [6.07, 6.45) is 0.960. The van der Waals surface area contributed by atoms with E-state index in [9.17, 15) is 8.42 Å². The molecular weight excluding hydrogens is 360 g/mol. The van der Waals surface area contributed by atoms with Crippen molar-refractivity contribution in [2.45, 2.75) is 31.7 Å². The van der Waals surface area contributed by atoms with Crippen molar-refractivity contribution in [3.05, 3.63) is 14.7 Å². The van der Waals surface area contributed by atoms with Crippen LogP contribution in [0, 0.1) is 11.8 Å². The quantitative estimate of drug-likeness (QED) is 0.853. The molecule has 114 valence electrons. The lowest BCUT2D eigenvalue weighted by molar-refractivity contribution is 0.388. The number of halogens is 1. The molecule has 1 atom stereocenters. The molecule has 0 spiro atoms. The van der Waals surface area contributed by atoms with Gasteiger partial charge in [0.2, 0.25) is 10.0 Å². The topological polar surface area (TPSA) is 49.4 Å². The van der Waals surface area contributed by atoms with Crippen molar-refractivity contribution in [3.63, 3.8) is 0 Å². The van der Waals surface area contributed by atoms with Gasteiger partial charge in [0.1, 0.15) is 4.90 Å². The summed E-state index contributed by atoms with van der Waals surface area (Å²) in [6.45, 7) is 6.28. The fourth-order valence-electron chi connectivity index (χ4n) is 2.49. The Labute approximate surface area is 133 Å². The van der Waals surface area contributed by atoms with Crippen LogP contribution in [-0.2, 0) is 16.6 Å². The minimum absolute atomic E-state index is 0.414. The molecule has 1 aromatic heterocycles. The molecule has 0 aliphatic carbocycles. The zero-order valence-electron chi connectivity index (χ0n) is 12.0. The van der Waals surface area contributed by atoms with Crippen LogP contribution in [0.2, 0.25) is 0 Å². The molecule has 1 fully saturated rings. The summed E-state index contributed by atoms with van der Waals surface area (Å²) in [7, 11) is -1.51. The van der Waals surface area contributed by atoms with Crippen LogP contribution in [0.3, 0.4) is 0 Å². The molecule has 0 amide bonds. The third kappa shape index (κ3) is 3.27. The van der Waals surface area contributed by atoms with Crippen LogP contribution >= 0.6 is 27.3 Å². The van der Waals surface area contributed by atoms with Crippen molar-refractivity contribution in [3.8, 4) is 0 Å². The van der Waals surface area contributed by atoms with Gasteiger partial charge in [0, 0.05) is 24.5 Å². The van der Waals surface area contributed by atoms with Gasteiger partial charge in [0.25, 0.3) is 0 Å². The normalized spacial score (nSPS) is 20.9. The van der Waals surface area contributed by atoms with Crippen molar-refractivity contribution >= 4 is 37.3 Å². The van der Waals surface area contributed by atoms with Crippen LogP contribution in [0.15, 0.2) is 14.7 Å². The summed E-state index contributed by atoms with van der Waals surface area (Å²) < 4.78 is 27.8. The molecule has 20 heavy (non-hydrogen) atoms. The largest absolute Gasteiger partial charge is 0.315 e. The average Bonchev–Trinajstić information content (AvgIpc) is 2.96. The smallest absolute Gasteiger partial charge is 0.245 e. The molecule has 1 aliphatic rings. The lowest BCUT2D eigenvalue weighted by Gasteiger charge is -2.17. The summed E-state index contributed by atoms with van der Waals surface area (Å²) in [4.78, 5) is 1.44. The SMILES string of the molecule is CNCc1cc(S(=O)(=O)N2CCC(C(C)C)C2)c(Br)s1. The van der Waals surface area contributed by atoms with Crippen LogP contribution in [0.4, 0.5) is 0 Å². The zero-order chi connectivity index (χ0) is 14.9. The fraction of sp³-hybridized carbons (Fsp3) is 0.692. The van der Waals surface area contributed by atoms with Crippen LogP contribution in [0.25, 0.3) is 0 Å². The van der Waals surface area contributed by atoms with Crippen molar-refractivity contribution < 1.29 is 8.42 Å². The molecule has 0 bridgehead atoms. The van der Waals surface area contributed by atoms with Gasteiger partial charge in [-0.05, 0) is 47.3 Å². The Bertz CT molecular complexity index is 569. The van der Waals surface area contributed by atoms with E-state index in [0.29, 0.717) is 40.2 Å². The number of hydrogen-bond acceptors (Lipinski definition) is 4. The predicted octanol–water partition coefficient (Wildman–Crippen LogP) is 2.90. The molecule has 2 heterocycles. The van der Waals surface area contributed by atoms with E-state index in [1.807, 2.05) is 7.05 Å². The number of hydrogen-bond donors (Lipinski definition) is 1. The number of thiophene rings is 1. The van der Waals surface area contributed by atoms with Gasteiger partial charge in [0.05, 0.1) is 3.79 Å². The highest BCUT2D eigenvalue weighted by Gasteiger charge is 2.35. The van der Waals surface area contributed by atoms with E-state index in [-0.39, 0.29) is 0 Å². The van der Waals surface area contributed by atoms with Crippen LogP contribution < -0.4 is 5.32 Å². The summed E-state index contributed by atoms with van der Waals surface area (Å²) >= 11 is 4.88. The van der Waals surface area contributed by atoms with Crippen LogP contribution in [0.5, 0.6) is 0 Å². The van der Waals surface area contributed by atoms with E-state index < -0.39 is 10.0 Å². The Balaban J connectivity index is 2.23. The van der Waals surface area contributed by atoms with Gasteiger partial charge in [-0.3, -0.25) is 0 Å². The van der Waals surface area contributed by atoms with Gasteiger partial charge < -0.3 is 5.32 Å². The molecule has 7 heteroatoms. The molecule has 1 aliphatic heterocycles. The van der Waals surface area contributed by atoms with E-state index >= 15 is 0 Å². The molecule has 0 saturated carbocycles. The van der Waals surface area contributed by atoms with Crippen molar-refractivity contribution in [2.75, 3.05) is 20.1 Å². The Hall–Kier alpha value is 0.0500. The van der Waals surface area contributed by atoms with Gasteiger partial charge in [-0.25, -0.2) is 8.42 Å². The summed E-state index contributed by atoms with van der Waals surface area (Å²) in [6, 6.07) is 1.78. The Morgan fingerprint density at radius 1 is 1.55 bits per heavy atom. The van der Waals surface area contributed by atoms with E-state index in [2.05, 4.69) is 35.1 Å². The molecular formula is C13H21BrN2O2S2. The molecule has 1 aromatic rings. The van der Waals surface area contributed by atoms with Crippen molar-refractivity contribution in [1.29, 1.82) is 0 Å². The number of sulfonamides is 1. The second-order valence-electron chi connectivity index (χ2n) is 5.54. The van der Waals surface area contributed by atoms with Crippen molar-refractivity contribution in [1.82, 2.24) is 9.62 Å². The maximum Gasteiger partial charge on any atom is 0.245 e. The van der Waals surface area contributed by atoms with Gasteiger partial charge in [-0.15, -0.1) is 11.3 Å². The Morgan fingerprint density at radius 2 is 2.25 bits per heavy atom. The second-order valence-corrected chi connectivity index (χ2v) is 9.90. The van der Waals surface area contributed by atoms with Gasteiger partial charge >= 0.3 is 0 Å². The molecule has 1 N–H and O–H groups in total.